The number of rotatable bonds is 45. The van der Waals surface area contributed by atoms with Crippen LogP contribution in [0.3, 0.4) is 0 Å². The van der Waals surface area contributed by atoms with Crippen LogP contribution in [0.4, 0.5) is 0 Å². The van der Waals surface area contributed by atoms with Crippen LogP contribution in [0.15, 0.2) is 12.2 Å². The van der Waals surface area contributed by atoms with Crippen molar-refractivity contribution in [1.29, 1.82) is 0 Å². The normalized spacial score (nSPS) is 15.8. The van der Waals surface area contributed by atoms with Crippen molar-refractivity contribution in [2.24, 2.45) is 0 Å². The van der Waals surface area contributed by atoms with Crippen LogP contribution >= 0.6 is 0 Å². The third kappa shape index (κ3) is 33.7. The Balaban J connectivity index is 5.45. The van der Waals surface area contributed by atoms with Crippen LogP contribution in [0.1, 0.15) is 237 Å². The molecule has 0 bridgehead atoms. The Morgan fingerprint density at radius 2 is 1.06 bits per heavy atom. The minimum atomic E-state index is -1.08. The van der Waals surface area contributed by atoms with E-state index in [1.807, 2.05) is 67.5 Å². The predicted octanol–water partition coefficient (Wildman–Crippen LogP) is 12.4. The van der Waals surface area contributed by atoms with Gasteiger partial charge in [-0.1, -0.05) is 95.8 Å². The van der Waals surface area contributed by atoms with Gasteiger partial charge >= 0.3 is 11.9 Å². The monoisotopic (exact) mass is 983 g/mol. The quantitative estimate of drug-likeness (QED) is 0.0354. The molecule has 11 nitrogen and oxygen atoms in total. The lowest BCUT2D eigenvalue weighted by atomic mass is 9.78. The molecule has 0 fully saturated rings. The largest absolute Gasteiger partial charge is 0.462 e. The number of Topliss-reactive ketones (excluding diaryl/α,β-unsaturated/α-hetero) is 2. The highest BCUT2D eigenvalue weighted by molar-refractivity contribution is 6.12. The average molecular weight is 983 g/mol. The molecule has 0 saturated heterocycles. The summed E-state index contributed by atoms with van der Waals surface area (Å²) in [7, 11) is 20.6. The number of carbonyl (C=O) groups excluding carboxylic acids is 4. The summed E-state index contributed by atoms with van der Waals surface area (Å²) in [6.45, 7) is 24.2. The maximum absolute atomic E-state index is 13.8. The lowest BCUT2D eigenvalue weighted by molar-refractivity contribution is -0.151. The Morgan fingerprint density at radius 3 is 1.60 bits per heavy atom. The highest BCUT2D eigenvalue weighted by Gasteiger charge is 2.34. The second-order valence-electron chi connectivity index (χ2n) is 22.1. The van der Waals surface area contributed by atoms with Crippen LogP contribution in [0.25, 0.3) is 0 Å². The summed E-state index contributed by atoms with van der Waals surface area (Å²) in [6, 6.07) is 0. The number of ketones is 2. The van der Waals surface area contributed by atoms with Gasteiger partial charge in [0.1, 0.15) is 23.4 Å². The van der Waals surface area contributed by atoms with Crippen LogP contribution in [0, 0.1) is 0 Å². The van der Waals surface area contributed by atoms with Gasteiger partial charge in [-0.3, -0.25) is 19.2 Å². The SMILES string of the molecule is [B]C(CC)CCC(CCCC(=O)C(C)(C)OC(CCCC(=O)C(C)(C)OCCC(C)(C)OCC(C)(C)OC)CCC([B])CC)OC(=O)CCCC(CC([B])CCC)OC(=O)CCCC(O)C/C=C\CC. The first kappa shape index (κ1) is 68.0. The summed E-state index contributed by atoms with van der Waals surface area (Å²) in [5.41, 5.74) is -2.89. The number of aliphatic hydroxyl groups is 1. The molecule has 0 aliphatic rings. The van der Waals surface area contributed by atoms with Gasteiger partial charge in [-0.15, -0.1) is 0 Å². The number of esters is 2. The maximum Gasteiger partial charge on any atom is 0.306 e. The summed E-state index contributed by atoms with van der Waals surface area (Å²) in [4.78, 5) is 53.3. The Kier molecular flexibility index (Phi) is 35.8. The number of aliphatic hydroxyl groups excluding tert-OH is 1. The molecular formula is C56H101B3O11. The topological polar surface area (TPSA) is 144 Å². The maximum atomic E-state index is 13.8. The molecule has 7 unspecified atom stereocenters. The van der Waals surface area contributed by atoms with E-state index in [4.69, 9.17) is 52.0 Å². The van der Waals surface area contributed by atoms with Crippen molar-refractivity contribution in [2.75, 3.05) is 20.3 Å². The first-order valence-electron chi connectivity index (χ1n) is 27.3. The van der Waals surface area contributed by atoms with Crippen molar-refractivity contribution in [3.05, 3.63) is 12.2 Å². The third-order valence-corrected chi connectivity index (χ3v) is 13.4. The van der Waals surface area contributed by atoms with Gasteiger partial charge in [0.25, 0.3) is 0 Å². The molecule has 6 radical (unpaired) electrons. The van der Waals surface area contributed by atoms with Gasteiger partial charge < -0.3 is 33.5 Å². The second-order valence-corrected chi connectivity index (χ2v) is 22.1. The van der Waals surface area contributed by atoms with Crippen molar-refractivity contribution >= 4 is 47.0 Å². The molecule has 1 N–H and O–H groups in total. The number of hydrogen-bond acceptors (Lipinski definition) is 11. The zero-order chi connectivity index (χ0) is 53.4. The smallest absolute Gasteiger partial charge is 0.306 e. The molecule has 0 amide bonds. The van der Waals surface area contributed by atoms with E-state index in [-0.39, 0.29) is 66.3 Å². The van der Waals surface area contributed by atoms with Crippen molar-refractivity contribution in [3.63, 3.8) is 0 Å². The molecule has 70 heavy (non-hydrogen) atoms. The highest BCUT2D eigenvalue weighted by atomic mass is 16.6. The number of methoxy groups -OCH3 is 1. The van der Waals surface area contributed by atoms with E-state index in [1.165, 1.54) is 0 Å². The number of hydrogen-bond donors (Lipinski definition) is 1. The summed E-state index contributed by atoms with van der Waals surface area (Å²) in [6.07, 6.45) is 16.2. The molecule has 0 aromatic rings. The molecule has 0 saturated carbocycles. The number of carbonyl (C=O) groups is 4. The van der Waals surface area contributed by atoms with Crippen LogP contribution in [-0.4, -0.2) is 119 Å². The number of allylic oxidation sites excluding steroid dienone is 1. The Bertz CT molecular complexity index is 1450. The molecule has 0 aliphatic carbocycles. The van der Waals surface area contributed by atoms with E-state index in [0.717, 1.165) is 38.5 Å². The molecule has 400 valence electrons. The molecule has 0 aromatic carbocycles. The lowest BCUT2D eigenvalue weighted by Gasteiger charge is -2.32. The zero-order valence-electron chi connectivity index (χ0n) is 46.8. The first-order chi connectivity index (χ1) is 32.7. The number of ether oxygens (including phenoxy) is 6. The summed E-state index contributed by atoms with van der Waals surface area (Å²) < 4.78 is 36.2. The molecule has 0 heterocycles. The van der Waals surface area contributed by atoms with Gasteiger partial charge in [0.15, 0.2) is 11.6 Å². The van der Waals surface area contributed by atoms with Crippen LogP contribution in [-0.2, 0) is 47.6 Å². The second kappa shape index (κ2) is 36.9. The summed E-state index contributed by atoms with van der Waals surface area (Å²) >= 11 is 0. The average Bonchev–Trinajstić information content (AvgIpc) is 3.28. The predicted molar refractivity (Wildman–Crippen MR) is 287 cm³/mol. The van der Waals surface area contributed by atoms with Gasteiger partial charge in [0.05, 0.1) is 60.2 Å². The van der Waals surface area contributed by atoms with Gasteiger partial charge in [-0.2, -0.15) is 0 Å². The van der Waals surface area contributed by atoms with Crippen molar-refractivity contribution < 1.29 is 52.7 Å². The van der Waals surface area contributed by atoms with E-state index in [1.54, 1.807) is 21.0 Å². The fourth-order valence-electron chi connectivity index (χ4n) is 7.97. The van der Waals surface area contributed by atoms with Crippen LogP contribution in [0.5, 0.6) is 0 Å². The van der Waals surface area contributed by atoms with Crippen molar-refractivity contribution in [3.8, 4) is 0 Å². The minimum absolute atomic E-state index is 0.00806. The van der Waals surface area contributed by atoms with E-state index in [0.29, 0.717) is 110 Å². The Hall–Kier alpha value is -1.99. The first-order valence-corrected chi connectivity index (χ1v) is 27.3. The van der Waals surface area contributed by atoms with E-state index in [9.17, 15) is 24.3 Å². The standard InChI is InChI=1S/C56H101B3O11/c1-14-18-19-25-45(60)26-20-32-52(64)69-48(40-44(59)24-15-2)29-23-33-51(63)68-46(36-34-42(57)16-3)27-21-31-50(62)56(11,12)70-47(37-35-43(58)17-4)28-22-30-49(61)55(9,10)66-39-38-53(5,6)67-41-54(7,8)65-13/h18-19,42-48,60H,14-17,20-41H2,1-13H3/b19-18-. The lowest BCUT2D eigenvalue weighted by Crippen LogP contribution is -2.40. The molecule has 0 rings (SSSR count). The molecule has 0 aliphatic heterocycles. The van der Waals surface area contributed by atoms with Gasteiger partial charge in [-0.05, 0) is 145 Å². The third-order valence-electron chi connectivity index (χ3n) is 13.4. The van der Waals surface area contributed by atoms with Crippen LogP contribution < -0.4 is 0 Å². The molecule has 0 aromatic heterocycles. The minimum Gasteiger partial charge on any atom is -0.462 e. The van der Waals surface area contributed by atoms with Gasteiger partial charge in [-0.25, -0.2) is 0 Å². The Morgan fingerprint density at radius 1 is 0.557 bits per heavy atom. The highest BCUT2D eigenvalue weighted by Crippen LogP contribution is 2.29. The Labute approximate surface area is 432 Å². The fourth-order valence-corrected chi connectivity index (χ4v) is 7.97. The molecular weight excluding hydrogens is 881 g/mol. The summed E-state index contributed by atoms with van der Waals surface area (Å²) in [5.74, 6) is -0.832. The van der Waals surface area contributed by atoms with Crippen molar-refractivity contribution in [1.82, 2.24) is 0 Å². The zero-order valence-corrected chi connectivity index (χ0v) is 46.8. The van der Waals surface area contributed by atoms with E-state index >= 15 is 0 Å². The molecule has 14 heteroatoms. The van der Waals surface area contributed by atoms with Gasteiger partial charge in [0, 0.05) is 32.8 Å². The summed E-state index contributed by atoms with van der Waals surface area (Å²) in [5, 5.41) is 10.2. The molecule has 0 spiro atoms. The van der Waals surface area contributed by atoms with Crippen molar-refractivity contribution in [2.45, 2.75) is 301 Å². The van der Waals surface area contributed by atoms with Gasteiger partial charge in [0.2, 0.25) is 0 Å². The van der Waals surface area contributed by atoms with Crippen LogP contribution in [0.2, 0.25) is 17.5 Å². The fraction of sp³-hybridized carbons (Fsp3) is 0.893. The van der Waals surface area contributed by atoms with E-state index in [2.05, 4.69) is 13.8 Å². The molecule has 7 atom stereocenters. The van der Waals surface area contributed by atoms with E-state index < -0.39 is 40.7 Å².